The number of halogens is 3. The Bertz CT molecular complexity index is 540. The minimum atomic E-state index is -4.24. The Hall–Kier alpha value is -0.990. The first kappa shape index (κ1) is 12.1. The second-order valence-electron chi connectivity index (χ2n) is 2.58. The van der Waals surface area contributed by atoms with Crippen molar-refractivity contribution in [3.63, 3.8) is 0 Å². The highest BCUT2D eigenvalue weighted by molar-refractivity contribution is 7.89. The van der Waals surface area contributed by atoms with Gasteiger partial charge in [-0.25, -0.2) is 22.3 Å². The average molecular weight is 259 g/mol. The van der Waals surface area contributed by atoms with Gasteiger partial charge in [0.2, 0.25) is 10.0 Å². The largest absolute Gasteiger partial charge is 0.311 e. The van der Waals surface area contributed by atoms with Gasteiger partial charge in [0.1, 0.15) is 10.0 Å². The van der Waals surface area contributed by atoms with Crippen LogP contribution in [0.1, 0.15) is 12.0 Å². The van der Waals surface area contributed by atoms with E-state index in [1.54, 1.807) is 4.98 Å². The molecule has 1 heterocycles. The number of rotatable bonds is 2. The van der Waals surface area contributed by atoms with Gasteiger partial charge in [0.25, 0.3) is 12.0 Å². The van der Waals surface area contributed by atoms with Crippen LogP contribution in [0.25, 0.3) is 0 Å². The standard InChI is InChI=1S/C6H5ClF2N2O3S/c7-4-3(15(10,13)14)1-2(5(8)9)6(12)11-4/h1,5H,(H,11,12)(H2,10,13,14). The summed E-state index contributed by atoms with van der Waals surface area (Å²) in [4.78, 5) is 11.9. The highest BCUT2D eigenvalue weighted by Gasteiger charge is 2.20. The summed E-state index contributed by atoms with van der Waals surface area (Å²) in [5.41, 5.74) is -2.15. The summed E-state index contributed by atoms with van der Waals surface area (Å²) in [6, 6.07) is 0.459. The quantitative estimate of drug-likeness (QED) is 0.761. The number of primary sulfonamides is 1. The normalized spacial score (nSPS) is 12.1. The van der Waals surface area contributed by atoms with Crippen LogP contribution in [0.15, 0.2) is 15.8 Å². The van der Waals surface area contributed by atoms with Crippen LogP contribution >= 0.6 is 11.6 Å². The van der Waals surface area contributed by atoms with E-state index in [4.69, 9.17) is 16.7 Å². The summed E-state index contributed by atoms with van der Waals surface area (Å²) in [5, 5.41) is 4.11. The molecule has 0 unspecified atom stereocenters. The van der Waals surface area contributed by atoms with Gasteiger partial charge >= 0.3 is 0 Å². The van der Waals surface area contributed by atoms with Gasteiger partial charge in [0.15, 0.2) is 0 Å². The molecule has 5 nitrogen and oxygen atoms in total. The lowest BCUT2D eigenvalue weighted by atomic mass is 10.3. The molecule has 0 spiro atoms. The average Bonchev–Trinajstić information content (AvgIpc) is 2.00. The third kappa shape index (κ3) is 2.52. The Morgan fingerprint density at radius 1 is 1.47 bits per heavy atom. The summed E-state index contributed by atoms with van der Waals surface area (Å²) in [5.74, 6) is 0. The van der Waals surface area contributed by atoms with E-state index < -0.39 is 37.6 Å². The van der Waals surface area contributed by atoms with Gasteiger partial charge < -0.3 is 4.98 Å². The number of pyridine rings is 1. The Morgan fingerprint density at radius 3 is 2.40 bits per heavy atom. The zero-order chi connectivity index (χ0) is 11.8. The van der Waals surface area contributed by atoms with Gasteiger partial charge in [0, 0.05) is 0 Å². The summed E-state index contributed by atoms with van der Waals surface area (Å²) in [6.45, 7) is 0. The van der Waals surface area contributed by atoms with Crippen LogP contribution in [0, 0.1) is 0 Å². The minimum Gasteiger partial charge on any atom is -0.311 e. The molecule has 1 aromatic heterocycles. The molecule has 0 aliphatic heterocycles. The van der Waals surface area contributed by atoms with Gasteiger partial charge in [-0.3, -0.25) is 4.79 Å². The maximum absolute atomic E-state index is 12.2. The number of alkyl halides is 2. The van der Waals surface area contributed by atoms with Gasteiger partial charge in [-0.05, 0) is 6.07 Å². The maximum Gasteiger partial charge on any atom is 0.269 e. The van der Waals surface area contributed by atoms with Crippen LogP contribution in [-0.4, -0.2) is 13.4 Å². The monoisotopic (exact) mass is 258 g/mol. The Labute approximate surface area is 87.9 Å². The molecule has 84 valence electrons. The molecule has 0 saturated carbocycles. The molecule has 15 heavy (non-hydrogen) atoms. The van der Waals surface area contributed by atoms with Crippen LogP contribution < -0.4 is 10.7 Å². The Kier molecular flexibility index (Phi) is 3.12. The Balaban J connectivity index is 3.58. The molecule has 0 fully saturated rings. The molecule has 0 bridgehead atoms. The number of nitrogens with two attached hydrogens (primary N) is 1. The van der Waals surface area contributed by atoms with E-state index in [1.165, 1.54) is 0 Å². The molecule has 9 heteroatoms. The molecule has 0 aliphatic rings. The fourth-order valence-electron chi connectivity index (χ4n) is 0.873. The number of aromatic nitrogens is 1. The maximum atomic E-state index is 12.2. The number of nitrogens with one attached hydrogen (secondary N) is 1. The van der Waals surface area contributed by atoms with Crippen molar-refractivity contribution in [2.24, 2.45) is 5.14 Å². The molecule has 0 aliphatic carbocycles. The lowest BCUT2D eigenvalue weighted by molar-refractivity contribution is 0.149. The molecule has 3 N–H and O–H groups in total. The third-order valence-corrected chi connectivity index (χ3v) is 2.88. The molecule has 0 radical (unpaired) electrons. The topological polar surface area (TPSA) is 93.0 Å². The van der Waals surface area contributed by atoms with Crippen molar-refractivity contribution in [1.29, 1.82) is 0 Å². The molecule has 1 aromatic rings. The van der Waals surface area contributed by atoms with Crippen LogP contribution in [-0.2, 0) is 10.0 Å². The predicted molar refractivity (Wildman–Crippen MR) is 48.4 cm³/mol. The zero-order valence-corrected chi connectivity index (χ0v) is 8.57. The van der Waals surface area contributed by atoms with Crippen LogP contribution in [0.2, 0.25) is 5.15 Å². The lowest BCUT2D eigenvalue weighted by Crippen LogP contribution is -2.19. The van der Waals surface area contributed by atoms with Gasteiger partial charge in [-0.15, -0.1) is 0 Å². The van der Waals surface area contributed by atoms with Crippen molar-refractivity contribution < 1.29 is 17.2 Å². The summed E-state index contributed by atoms with van der Waals surface area (Å²) in [7, 11) is -4.24. The van der Waals surface area contributed by atoms with E-state index in [9.17, 15) is 22.0 Å². The molecule has 0 saturated heterocycles. The van der Waals surface area contributed by atoms with Crippen molar-refractivity contribution in [3.8, 4) is 0 Å². The van der Waals surface area contributed by atoms with Gasteiger partial charge in [0.05, 0.1) is 5.56 Å². The van der Waals surface area contributed by atoms with E-state index in [0.29, 0.717) is 6.07 Å². The van der Waals surface area contributed by atoms with E-state index in [-0.39, 0.29) is 0 Å². The smallest absolute Gasteiger partial charge is 0.269 e. The molecule has 0 atom stereocenters. The minimum absolute atomic E-state index is 0.459. The number of hydrogen-bond donors (Lipinski definition) is 2. The number of hydrogen-bond acceptors (Lipinski definition) is 3. The number of H-pyrrole nitrogens is 1. The van der Waals surface area contributed by atoms with Gasteiger partial charge in [-0.1, -0.05) is 11.6 Å². The van der Waals surface area contributed by atoms with Gasteiger partial charge in [-0.2, -0.15) is 0 Å². The zero-order valence-electron chi connectivity index (χ0n) is 7.00. The van der Waals surface area contributed by atoms with Crippen molar-refractivity contribution in [1.82, 2.24) is 4.98 Å². The first-order chi connectivity index (χ1) is 6.73. The summed E-state index contributed by atoms with van der Waals surface area (Å²) < 4.78 is 46.2. The Morgan fingerprint density at radius 2 is 2.00 bits per heavy atom. The second kappa shape index (κ2) is 3.87. The van der Waals surface area contributed by atoms with E-state index in [0.717, 1.165) is 0 Å². The molecule has 0 amide bonds. The molecular weight excluding hydrogens is 254 g/mol. The first-order valence-corrected chi connectivity index (χ1v) is 5.39. The molecule has 1 rings (SSSR count). The fourth-order valence-corrected chi connectivity index (χ4v) is 1.93. The third-order valence-electron chi connectivity index (χ3n) is 1.53. The van der Waals surface area contributed by atoms with E-state index >= 15 is 0 Å². The van der Waals surface area contributed by atoms with E-state index in [1.807, 2.05) is 0 Å². The number of sulfonamides is 1. The first-order valence-electron chi connectivity index (χ1n) is 3.47. The summed E-state index contributed by atoms with van der Waals surface area (Å²) in [6.07, 6.45) is -3.11. The van der Waals surface area contributed by atoms with Crippen LogP contribution in [0.3, 0.4) is 0 Å². The van der Waals surface area contributed by atoms with E-state index in [2.05, 4.69) is 0 Å². The fraction of sp³-hybridized carbons (Fsp3) is 0.167. The van der Waals surface area contributed by atoms with Crippen molar-refractivity contribution in [3.05, 3.63) is 27.1 Å². The van der Waals surface area contributed by atoms with Crippen molar-refractivity contribution in [2.75, 3.05) is 0 Å². The van der Waals surface area contributed by atoms with Crippen molar-refractivity contribution >= 4 is 21.6 Å². The highest BCUT2D eigenvalue weighted by Crippen LogP contribution is 2.21. The van der Waals surface area contributed by atoms with Crippen LogP contribution in [0.4, 0.5) is 8.78 Å². The lowest BCUT2D eigenvalue weighted by Gasteiger charge is -2.04. The SMILES string of the molecule is NS(=O)(=O)c1cc(C(F)F)c(=O)[nH]c1Cl. The predicted octanol–water partition coefficient (Wildman–Crippen LogP) is 0.613. The second-order valence-corrected chi connectivity index (χ2v) is 4.49. The molecule has 0 aromatic carbocycles. The number of aromatic amines is 1. The van der Waals surface area contributed by atoms with Crippen molar-refractivity contribution in [2.45, 2.75) is 11.3 Å². The van der Waals surface area contributed by atoms with Crippen LogP contribution in [0.5, 0.6) is 0 Å². The highest BCUT2D eigenvalue weighted by atomic mass is 35.5. The summed E-state index contributed by atoms with van der Waals surface area (Å²) >= 11 is 5.33. The molecular formula is C6H5ClF2N2O3S.